The van der Waals surface area contributed by atoms with Crippen LogP contribution in [0.5, 0.6) is 11.5 Å². The number of methoxy groups -OCH3 is 1. The van der Waals surface area contributed by atoms with Crippen molar-refractivity contribution in [2.45, 2.75) is 19.8 Å². The van der Waals surface area contributed by atoms with Crippen molar-refractivity contribution in [2.75, 3.05) is 20.5 Å². The molecule has 1 aliphatic heterocycles. The van der Waals surface area contributed by atoms with Gasteiger partial charge >= 0.3 is 17.6 Å². The van der Waals surface area contributed by atoms with Crippen molar-refractivity contribution in [3.8, 4) is 11.5 Å². The molecule has 0 radical (unpaired) electrons. The second-order valence-corrected chi connectivity index (χ2v) is 5.83. The number of nitro benzene ring substituents is 1. The number of carbonyl (C=O) groups excluding carboxylic acids is 3. The van der Waals surface area contributed by atoms with Crippen LogP contribution in [-0.4, -0.2) is 43.2 Å². The molecule has 0 aliphatic carbocycles. The highest BCUT2D eigenvalue weighted by Gasteiger charge is 2.44. The van der Waals surface area contributed by atoms with E-state index in [-0.39, 0.29) is 36.0 Å². The number of ketones is 1. The molecule has 150 valence electrons. The number of nitrogens with zero attached hydrogens (tertiary/aromatic N) is 1. The molecule has 0 amide bonds. The molecular weight excluding hydrogens is 374 g/mol. The topological polar surface area (TPSA) is 131 Å². The molecule has 1 heterocycles. The van der Waals surface area contributed by atoms with Crippen molar-refractivity contribution in [3.05, 3.63) is 40.0 Å². The summed E-state index contributed by atoms with van der Waals surface area (Å²) in [5.41, 5.74) is -0.948. The van der Waals surface area contributed by atoms with Gasteiger partial charge in [-0.25, -0.2) is 4.79 Å². The number of benzene rings is 1. The molecule has 0 saturated carbocycles. The number of hydrogen-bond acceptors (Lipinski definition) is 9. The third-order valence-electron chi connectivity index (χ3n) is 4.20. The lowest BCUT2D eigenvalue weighted by molar-refractivity contribution is -0.386. The molecule has 10 nitrogen and oxygen atoms in total. The molecule has 10 heteroatoms. The van der Waals surface area contributed by atoms with Crippen LogP contribution >= 0.6 is 0 Å². The maximum atomic E-state index is 12.5. The molecule has 0 fully saturated rings. The van der Waals surface area contributed by atoms with E-state index in [1.807, 2.05) is 0 Å². The van der Waals surface area contributed by atoms with Gasteiger partial charge in [0.2, 0.25) is 12.5 Å². The lowest BCUT2D eigenvalue weighted by atomic mass is 9.78. The predicted octanol–water partition coefficient (Wildman–Crippen LogP) is 1.90. The fraction of sp³-hybridized carbons (Fsp3) is 0.389. The minimum absolute atomic E-state index is 0.0245. The van der Waals surface area contributed by atoms with Crippen LogP contribution in [0.2, 0.25) is 0 Å². The quantitative estimate of drug-likeness (QED) is 0.213. The van der Waals surface area contributed by atoms with Crippen LogP contribution in [0.4, 0.5) is 5.69 Å². The maximum absolute atomic E-state index is 12.5. The predicted molar refractivity (Wildman–Crippen MR) is 93.9 cm³/mol. The minimum atomic E-state index is -1.54. The number of hydrogen-bond donors (Lipinski definition) is 0. The Balaban J connectivity index is 2.74. The smallest absolute Gasteiger partial charge is 0.333 e. The number of nitro groups is 1. The molecule has 0 bridgehead atoms. The third-order valence-corrected chi connectivity index (χ3v) is 4.20. The normalized spacial score (nSPS) is 14.0. The first-order valence-electron chi connectivity index (χ1n) is 8.25. The highest BCUT2D eigenvalue weighted by Crippen LogP contribution is 2.48. The van der Waals surface area contributed by atoms with Crippen LogP contribution in [0.1, 0.15) is 25.3 Å². The van der Waals surface area contributed by atoms with Crippen molar-refractivity contribution < 1.29 is 38.3 Å². The zero-order valence-corrected chi connectivity index (χ0v) is 15.6. The van der Waals surface area contributed by atoms with E-state index in [0.717, 1.165) is 14.0 Å². The Morgan fingerprint density at radius 1 is 1.32 bits per heavy atom. The van der Waals surface area contributed by atoms with Crippen molar-refractivity contribution in [2.24, 2.45) is 5.92 Å². The van der Waals surface area contributed by atoms with Gasteiger partial charge in [0, 0.05) is 17.1 Å². The van der Waals surface area contributed by atoms with Gasteiger partial charge in [-0.1, -0.05) is 6.58 Å². The lowest BCUT2D eigenvalue weighted by Crippen LogP contribution is -2.33. The molecule has 0 spiro atoms. The average Bonchev–Trinajstić information content (AvgIpc) is 3.12. The zero-order valence-electron chi connectivity index (χ0n) is 15.6. The third kappa shape index (κ3) is 3.80. The van der Waals surface area contributed by atoms with Crippen LogP contribution < -0.4 is 9.47 Å². The summed E-state index contributed by atoms with van der Waals surface area (Å²) in [6.45, 7) is 6.03. The van der Waals surface area contributed by atoms with E-state index in [4.69, 9.17) is 14.2 Å². The van der Waals surface area contributed by atoms with Crippen molar-refractivity contribution in [1.82, 2.24) is 0 Å². The summed E-state index contributed by atoms with van der Waals surface area (Å²) in [4.78, 5) is 47.9. The van der Waals surface area contributed by atoms with E-state index in [0.29, 0.717) is 0 Å². The number of rotatable bonds is 8. The Labute approximate surface area is 160 Å². The number of esters is 2. The van der Waals surface area contributed by atoms with Gasteiger partial charge in [0.1, 0.15) is 11.7 Å². The Hall–Kier alpha value is -3.43. The monoisotopic (exact) mass is 393 g/mol. The van der Waals surface area contributed by atoms with E-state index in [1.165, 1.54) is 12.1 Å². The largest absolute Gasteiger partial charge is 0.466 e. The standard InChI is InChI=1S/C18H19NO9/c1-5-26-18(22)14(10(3)20)13(9(2)17(21)25-4)11-6-7-12-16(28-8-27-12)15(11)19(23)24/h6-7,13-14H,2,5,8H2,1,3-4H3. The van der Waals surface area contributed by atoms with E-state index in [1.54, 1.807) is 6.92 Å². The minimum Gasteiger partial charge on any atom is -0.466 e. The summed E-state index contributed by atoms with van der Waals surface area (Å²) in [5, 5.41) is 11.8. The van der Waals surface area contributed by atoms with Gasteiger partial charge in [-0.3, -0.25) is 19.7 Å². The molecule has 0 saturated heterocycles. The summed E-state index contributed by atoms with van der Waals surface area (Å²) in [5.74, 6) is -5.46. The summed E-state index contributed by atoms with van der Waals surface area (Å²) in [6, 6.07) is 2.68. The lowest BCUT2D eigenvalue weighted by Gasteiger charge is -2.25. The zero-order chi connectivity index (χ0) is 21.0. The van der Waals surface area contributed by atoms with Gasteiger partial charge < -0.3 is 18.9 Å². The molecular formula is C18H19NO9. The Morgan fingerprint density at radius 3 is 2.54 bits per heavy atom. The second-order valence-electron chi connectivity index (χ2n) is 5.83. The second kappa shape index (κ2) is 8.51. The van der Waals surface area contributed by atoms with E-state index in [9.17, 15) is 24.5 Å². The Bertz CT molecular complexity index is 846. The van der Waals surface area contributed by atoms with Gasteiger partial charge in [-0.2, -0.15) is 0 Å². The number of carbonyl (C=O) groups is 3. The fourth-order valence-corrected chi connectivity index (χ4v) is 3.01. The molecule has 28 heavy (non-hydrogen) atoms. The van der Waals surface area contributed by atoms with Gasteiger partial charge in [0.05, 0.1) is 18.6 Å². The van der Waals surface area contributed by atoms with E-state index in [2.05, 4.69) is 11.3 Å². The first-order chi connectivity index (χ1) is 13.2. The molecule has 2 unspecified atom stereocenters. The van der Waals surface area contributed by atoms with E-state index >= 15 is 0 Å². The first-order valence-corrected chi connectivity index (χ1v) is 8.25. The van der Waals surface area contributed by atoms with Gasteiger partial charge in [-0.05, 0) is 26.0 Å². The van der Waals surface area contributed by atoms with Crippen LogP contribution in [0, 0.1) is 16.0 Å². The molecule has 0 N–H and O–H groups in total. The highest BCUT2D eigenvalue weighted by atomic mass is 16.7. The van der Waals surface area contributed by atoms with E-state index < -0.39 is 40.2 Å². The van der Waals surface area contributed by atoms with Gasteiger partial charge in [-0.15, -0.1) is 0 Å². The van der Waals surface area contributed by atoms with Crippen molar-refractivity contribution >= 4 is 23.4 Å². The number of fused-ring (bicyclic) bond motifs is 1. The Morgan fingerprint density at radius 2 is 2.00 bits per heavy atom. The number of ether oxygens (including phenoxy) is 4. The van der Waals surface area contributed by atoms with Gasteiger partial charge in [0.15, 0.2) is 5.75 Å². The van der Waals surface area contributed by atoms with Crippen LogP contribution in [-0.2, 0) is 23.9 Å². The molecule has 2 atom stereocenters. The average molecular weight is 393 g/mol. The summed E-state index contributed by atoms with van der Waals surface area (Å²) in [7, 11) is 1.09. The van der Waals surface area contributed by atoms with Crippen molar-refractivity contribution in [3.63, 3.8) is 0 Å². The molecule has 1 aromatic rings. The summed E-state index contributed by atoms with van der Waals surface area (Å²) in [6.07, 6.45) is 0. The van der Waals surface area contributed by atoms with Crippen LogP contribution in [0.25, 0.3) is 0 Å². The Kier molecular flexibility index (Phi) is 6.34. The van der Waals surface area contributed by atoms with Crippen LogP contribution in [0.15, 0.2) is 24.3 Å². The van der Waals surface area contributed by atoms with Crippen molar-refractivity contribution in [1.29, 1.82) is 0 Å². The molecule has 1 aromatic carbocycles. The highest BCUT2D eigenvalue weighted by molar-refractivity contribution is 6.02. The fourth-order valence-electron chi connectivity index (χ4n) is 3.01. The maximum Gasteiger partial charge on any atom is 0.333 e. The molecule has 1 aliphatic rings. The summed E-state index contributed by atoms with van der Waals surface area (Å²) >= 11 is 0. The number of Topliss-reactive ketones (excluding diaryl/α,β-unsaturated/α-hetero) is 1. The first kappa shape index (κ1) is 20.9. The molecule has 2 rings (SSSR count). The SMILES string of the molecule is C=C(C(=O)OC)C(c1ccc2c(c1[N+](=O)[O-])OCO2)C(C(C)=O)C(=O)OCC. The summed E-state index contributed by atoms with van der Waals surface area (Å²) < 4.78 is 19.9. The van der Waals surface area contributed by atoms with Crippen LogP contribution in [0.3, 0.4) is 0 Å². The van der Waals surface area contributed by atoms with Gasteiger partial charge in [0.25, 0.3) is 0 Å². The molecule has 0 aromatic heterocycles.